The quantitative estimate of drug-likeness (QED) is 0.0320. The van der Waals surface area contributed by atoms with Crippen molar-refractivity contribution in [1.29, 1.82) is 0 Å². The zero-order valence-electron chi connectivity index (χ0n) is 56.4. The zero-order chi connectivity index (χ0) is 60.6. The summed E-state index contributed by atoms with van der Waals surface area (Å²) < 4.78 is 5.49. The number of carbonyl (C=O) groups is 2. The van der Waals surface area contributed by atoms with Crippen LogP contribution in [0.3, 0.4) is 0 Å². The largest absolute Gasteiger partial charge is 0.466 e. The van der Waals surface area contributed by atoms with Crippen molar-refractivity contribution in [2.75, 3.05) is 13.2 Å². The highest BCUT2D eigenvalue weighted by atomic mass is 16.5. The van der Waals surface area contributed by atoms with Gasteiger partial charge < -0.3 is 20.3 Å². The second-order valence-electron chi connectivity index (χ2n) is 25.6. The first-order valence-corrected chi connectivity index (χ1v) is 37.6. The van der Waals surface area contributed by atoms with Gasteiger partial charge >= 0.3 is 5.97 Å². The van der Waals surface area contributed by atoms with E-state index in [9.17, 15) is 19.8 Å². The van der Waals surface area contributed by atoms with Gasteiger partial charge in [0.25, 0.3) is 0 Å². The van der Waals surface area contributed by atoms with Crippen LogP contribution in [0.2, 0.25) is 0 Å². The molecule has 0 aliphatic heterocycles. The summed E-state index contributed by atoms with van der Waals surface area (Å²) in [6, 6.07) is -0.631. The number of unbranched alkanes of at least 4 members (excludes halogenated alkanes) is 51. The third-order valence-corrected chi connectivity index (χ3v) is 17.3. The Morgan fingerprint density at radius 3 is 0.929 bits per heavy atom. The highest BCUT2D eigenvalue weighted by Gasteiger charge is 2.18. The first kappa shape index (κ1) is 81.6. The minimum atomic E-state index is -0.847. The number of ether oxygens (including phenoxy) is 1. The normalized spacial score (nSPS) is 12.9. The Kier molecular flexibility index (Phi) is 70.9. The van der Waals surface area contributed by atoms with Crippen molar-refractivity contribution >= 4 is 11.9 Å². The number of aliphatic hydroxyl groups is 2. The number of amides is 1. The van der Waals surface area contributed by atoms with Crippen molar-refractivity contribution in [1.82, 2.24) is 5.32 Å². The summed E-state index contributed by atoms with van der Waals surface area (Å²) in [4.78, 5) is 24.6. The molecule has 2 unspecified atom stereocenters. The molecule has 0 aromatic heterocycles. The fraction of sp³-hybridized carbons (Fsp3) is 0.846. The van der Waals surface area contributed by atoms with Crippen LogP contribution in [0.5, 0.6) is 0 Å². The minimum absolute atomic E-state index is 0.00400. The highest BCUT2D eigenvalue weighted by molar-refractivity contribution is 5.76. The summed E-state index contributed by atoms with van der Waals surface area (Å²) in [6.07, 6.45) is 97.4. The van der Waals surface area contributed by atoms with Gasteiger partial charge in [-0.3, -0.25) is 9.59 Å². The Hall–Kier alpha value is -2.44. The van der Waals surface area contributed by atoms with Gasteiger partial charge in [-0.25, -0.2) is 0 Å². The summed E-state index contributed by atoms with van der Waals surface area (Å²) >= 11 is 0. The Balaban J connectivity index is 3.43. The Morgan fingerprint density at radius 1 is 0.333 bits per heavy atom. The fourth-order valence-electron chi connectivity index (χ4n) is 11.5. The molecular weight excluding hydrogens is 1030 g/mol. The van der Waals surface area contributed by atoms with Crippen LogP contribution >= 0.6 is 0 Å². The molecule has 0 radical (unpaired) electrons. The van der Waals surface area contributed by atoms with E-state index in [0.717, 1.165) is 57.8 Å². The number of allylic oxidation sites excluding steroid dienone is 9. The molecule has 6 heteroatoms. The lowest BCUT2D eigenvalue weighted by molar-refractivity contribution is -0.143. The van der Waals surface area contributed by atoms with Crippen molar-refractivity contribution in [3.05, 3.63) is 60.8 Å². The van der Waals surface area contributed by atoms with Gasteiger partial charge in [0.2, 0.25) is 5.91 Å². The molecule has 0 spiro atoms. The number of nitrogens with one attached hydrogen (secondary N) is 1. The maximum Gasteiger partial charge on any atom is 0.305 e. The van der Waals surface area contributed by atoms with E-state index in [2.05, 4.69) is 67.8 Å². The van der Waals surface area contributed by atoms with Gasteiger partial charge in [-0.15, -0.1) is 0 Å². The third-order valence-electron chi connectivity index (χ3n) is 17.3. The molecule has 0 saturated heterocycles. The van der Waals surface area contributed by atoms with E-state index in [1.807, 2.05) is 6.08 Å². The van der Waals surface area contributed by atoms with Crippen LogP contribution < -0.4 is 5.32 Å². The number of hydrogen-bond donors (Lipinski definition) is 3. The molecule has 492 valence electrons. The lowest BCUT2D eigenvalue weighted by atomic mass is 10.0. The average molecular weight is 1180 g/mol. The van der Waals surface area contributed by atoms with Gasteiger partial charge in [-0.2, -0.15) is 0 Å². The van der Waals surface area contributed by atoms with E-state index in [1.54, 1.807) is 6.08 Å². The van der Waals surface area contributed by atoms with Crippen LogP contribution in [0.25, 0.3) is 0 Å². The van der Waals surface area contributed by atoms with Crippen molar-refractivity contribution in [2.45, 2.75) is 411 Å². The molecule has 2 atom stereocenters. The van der Waals surface area contributed by atoms with E-state index in [1.165, 1.54) is 315 Å². The van der Waals surface area contributed by atoms with E-state index in [-0.39, 0.29) is 18.5 Å². The zero-order valence-corrected chi connectivity index (χ0v) is 56.4. The summed E-state index contributed by atoms with van der Waals surface area (Å²) in [7, 11) is 0. The molecule has 0 aromatic carbocycles. The molecule has 1 amide bonds. The van der Waals surface area contributed by atoms with E-state index < -0.39 is 12.1 Å². The average Bonchev–Trinajstić information content (AvgIpc) is 3.51. The molecule has 0 aliphatic rings. The molecule has 0 heterocycles. The predicted molar refractivity (Wildman–Crippen MR) is 370 cm³/mol. The Morgan fingerprint density at radius 2 is 0.595 bits per heavy atom. The summed E-state index contributed by atoms with van der Waals surface area (Å²) in [5, 5.41) is 23.3. The summed E-state index contributed by atoms with van der Waals surface area (Å²) in [6.45, 7) is 4.90. The number of aliphatic hydroxyl groups excluding tert-OH is 2. The van der Waals surface area contributed by atoms with Crippen molar-refractivity contribution in [3.63, 3.8) is 0 Å². The molecule has 0 fully saturated rings. The number of esters is 1. The van der Waals surface area contributed by atoms with Gasteiger partial charge in [0.05, 0.1) is 25.4 Å². The van der Waals surface area contributed by atoms with Gasteiger partial charge in [0, 0.05) is 12.8 Å². The van der Waals surface area contributed by atoms with Crippen molar-refractivity contribution in [2.24, 2.45) is 0 Å². The predicted octanol–water partition coefficient (Wildman–Crippen LogP) is 24.6. The van der Waals surface area contributed by atoms with Crippen LogP contribution in [-0.4, -0.2) is 47.4 Å². The van der Waals surface area contributed by atoms with Crippen molar-refractivity contribution in [3.8, 4) is 0 Å². The van der Waals surface area contributed by atoms with Crippen molar-refractivity contribution < 1.29 is 24.5 Å². The van der Waals surface area contributed by atoms with E-state index in [4.69, 9.17) is 4.74 Å². The first-order chi connectivity index (χ1) is 41.5. The Labute approximate surface area is 524 Å². The molecule has 0 aromatic rings. The van der Waals surface area contributed by atoms with Crippen LogP contribution in [0.4, 0.5) is 0 Å². The smallest absolute Gasteiger partial charge is 0.305 e. The van der Waals surface area contributed by atoms with Gasteiger partial charge in [0.1, 0.15) is 0 Å². The van der Waals surface area contributed by atoms with Crippen LogP contribution in [0.1, 0.15) is 399 Å². The van der Waals surface area contributed by atoms with Gasteiger partial charge in [-0.1, -0.05) is 351 Å². The topological polar surface area (TPSA) is 95.9 Å². The second kappa shape index (κ2) is 73.0. The SMILES string of the molecule is CCCCC/C=C\C/C=C\CCCCCCCCCC(=O)OCCCCCCCCCCC/C=C\C/C=C\CCCCCCCCCCCCCCCC(=O)NC(CO)C(O)/C=C/CCCCCCCCCCCCCCCCCCCCC. The third kappa shape index (κ3) is 68.7. The highest BCUT2D eigenvalue weighted by Crippen LogP contribution is 2.18. The molecule has 0 rings (SSSR count). The maximum atomic E-state index is 12.5. The monoisotopic (exact) mass is 1180 g/mol. The molecule has 6 nitrogen and oxygen atoms in total. The first-order valence-electron chi connectivity index (χ1n) is 37.6. The summed E-state index contributed by atoms with van der Waals surface area (Å²) in [5.41, 5.74) is 0. The van der Waals surface area contributed by atoms with Crippen LogP contribution in [0.15, 0.2) is 60.8 Å². The van der Waals surface area contributed by atoms with E-state index >= 15 is 0 Å². The van der Waals surface area contributed by atoms with Crippen LogP contribution in [-0.2, 0) is 14.3 Å². The second-order valence-corrected chi connectivity index (χ2v) is 25.6. The lowest BCUT2D eigenvalue weighted by Gasteiger charge is -2.20. The fourth-order valence-corrected chi connectivity index (χ4v) is 11.5. The molecule has 3 N–H and O–H groups in total. The number of carbonyl (C=O) groups excluding carboxylic acids is 2. The van der Waals surface area contributed by atoms with Gasteiger partial charge in [-0.05, 0) is 96.3 Å². The summed E-state index contributed by atoms with van der Waals surface area (Å²) in [5.74, 6) is -0.0619. The molecule has 0 aliphatic carbocycles. The number of rotatable bonds is 70. The molecule has 0 bridgehead atoms. The van der Waals surface area contributed by atoms with Crippen LogP contribution in [0, 0.1) is 0 Å². The minimum Gasteiger partial charge on any atom is -0.466 e. The standard InChI is InChI=1S/C78H145NO5/c1-3-5-7-9-11-13-15-17-19-21-22-32-35-39-42-46-50-54-58-62-66-70-76(81)75(74-80)79-77(82)71-67-63-59-55-51-47-43-40-36-33-30-28-26-24-23-25-27-29-31-34-37-41-45-49-53-57-61-65-69-73-84-78(83)72-68-64-60-56-52-48-44-38-20-18-16-14-12-10-8-6-4-2/h12,14,18,20,23,25,29,31,66,70,75-76,80-81H,3-11,13,15-17,19,21-22,24,26-28,30,32-65,67-69,71-74H2,1-2H3,(H,79,82)/b14-12-,20-18-,25-23-,31-29-,70-66+. The Bertz CT molecular complexity index is 1450. The lowest BCUT2D eigenvalue weighted by Crippen LogP contribution is -2.45. The number of hydrogen-bond acceptors (Lipinski definition) is 5. The molecule has 0 saturated carbocycles. The molecular formula is C78H145NO5. The van der Waals surface area contributed by atoms with Gasteiger partial charge in [0.15, 0.2) is 0 Å². The van der Waals surface area contributed by atoms with E-state index in [0.29, 0.717) is 19.4 Å². The maximum absolute atomic E-state index is 12.5. The molecule has 84 heavy (non-hydrogen) atoms.